The SMILES string of the molecule is N[C@@]1(C(=O)O)C[C@H](NC(=O)c2c[nH]c3ccccc23)[C@H]2[C@H](C(=O)O)[C@H]21. The summed E-state index contributed by atoms with van der Waals surface area (Å²) in [6, 6.07) is 6.73. The molecule has 0 radical (unpaired) electrons. The van der Waals surface area contributed by atoms with E-state index in [1.165, 1.54) is 0 Å². The van der Waals surface area contributed by atoms with Gasteiger partial charge in [-0.3, -0.25) is 14.4 Å². The molecule has 1 aromatic heterocycles. The summed E-state index contributed by atoms with van der Waals surface area (Å²) in [5, 5.41) is 22.2. The second-order valence-electron chi connectivity index (χ2n) is 6.84. The van der Waals surface area contributed by atoms with Gasteiger partial charge < -0.3 is 26.2 Å². The lowest BCUT2D eigenvalue weighted by atomic mass is 9.90. The maximum Gasteiger partial charge on any atom is 0.324 e. The highest BCUT2D eigenvalue weighted by atomic mass is 16.4. The summed E-state index contributed by atoms with van der Waals surface area (Å²) in [5.74, 6) is -4.61. The normalized spacial score (nSPS) is 33.0. The van der Waals surface area contributed by atoms with Crippen LogP contribution in [0.25, 0.3) is 10.9 Å². The number of carbonyl (C=O) groups is 3. The van der Waals surface area contributed by atoms with E-state index in [0.717, 1.165) is 10.9 Å². The average Bonchev–Trinajstić information content (AvgIpc) is 3.08. The number of aromatic amines is 1. The summed E-state index contributed by atoms with van der Waals surface area (Å²) >= 11 is 0. The molecule has 0 unspecified atom stereocenters. The van der Waals surface area contributed by atoms with Gasteiger partial charge in [0.1, 0.15) is 5.54 Å². The van der Waals surface area contributed by atoms with E-state index < -0.39 is 41.3 Å². The average molecular weight is 343 g/mol. The number of carboxylic acid groups (broad SMARTS) is 2. The van der Waals surface area contributed by atoms with Gasteiger partial charge in [0.05, 0.1) is 11.5 Å². The fourth-order valence-electron chi connectivity index (χ4n) is 4.34. The largest absolute Gasteiger partial charge is 0.481 e. The second-order valence-corrected chi connectivity index (χ2v) is 6.84. The Kier molecular flexibility index (Phi) is 3.17. The molecule has 0 aliphatic heterocycles. The Bertz CT molecular complexity index is 907. The number of nitrogens with two attached hydrogens (primary N) is 1. The summed E-state index contributed by atoms with van der Waals surface area (Å²) in [5.41, 5.74) is 5.60. The molecule has 0 spiro atoms. The van der Waals surface area contributed by atoms with E-state index in [0.29, 0.717) is 5.56 Å². The molecule has 6 N–H and O–H groups in total. The minimum absolute atomic E-state index is 0.0234. The van der Waals surface area contributed by atoms with E-state index in [2.05, 4.69) is 10.3 Å². The lowest BCUT2D eigenvalue weighted by molar-refractivity contribution is -0.145. The lowest BCUT2D eigenvalue weighted by Gasteiger charge is -2.24. The van der Waals surface area contributed by atoms with Crippen molar-refractivity contribution in [3.63, 3.8) is 0 Å². The zero-order valence-corrected chi connectivity index (χ0v) is 13.1. The molecule has 0 bridgehead atoms. The van der Waals surface area contributed by atoms with Crippen LogP contribution in [0.2, 0.25) is 0 Å². The monoisotopic (exact) mass is 343 g/mol. The number of benzene rings is 1. The van der Waals surface area contributed by atoms with Crippen molar-refractivity contribution in [1.82, 2.24) is 10.3 Å². The van der Waals surface area contributed by atoms with Crippen molar-refractivity contribution >= 4 is 28.7 Å². The third-order valence-corrected chi connectivity index (χ3v) is 5.53. The zero-order valence-electron chi connectivity index (χ0n) is 13.1. The van der Waals surface area contributed by atoms with Crippen LogP contribution in [0, 0.1) is 17.8 Å². The topological polar surface area (TPSA) is 146 Å². The standard InChI is InChI=1S/C17H17N3O5/c18-17(16(24)25)5-10(11-12(13(11)17)15(22)23)20-14(21)8-6-19-9-4-2-1-3-7(8)9/h1-4,6,10-13,19H,5,18H2,(H,20,21)(H,22,23)(H,24,25)/t10-,11-,12-,13-,17-/m0/s1. The predicted octanol–water partition coefficient (Wildman–Crippen LogP) is 0.399. The third-order valence-electron chi connectivity index (χ3n) is 5.53. The summed E-state index contributed by atoms with van der Waals surface area (Å²) in [6.07, 6.45) is 1.61. The van der Waals surface area contributed by atoms with Crippen molar-refractivity contribution in [2.75, 3.05) is 0 Å². The number of para-hydroxylation sites is 1. The Morgan fingerprint density at radius 3 is 2.64 bits per heavy atom. The first-order valence-electron chi connectivity index (χ1n) is 7.96. The summed E-state index contributed by atoms with van der Waals surface area (Å²) in [7, 11) is 0. The number of carboxylic acids is 2. The number of nitrogens with one attached hydrogen (secondary N) is 2. The van der Waals surface area contributed by atoms with Gasteiger partial charge in [-0.15, -0.1) is 0 Å². The van der Waals surface area contributed by atoms with E-state index >= 15 is 0 Å². The van der Waals surface area contributed by atoms with Gasteiger partial charge in [-0.2, -0.15) is 0 Å². The molecule has 4 rings (SSSR count). The molecule has 2 aromatic rings. The minimum Gasteiger partial charge on any atom is -0.481 e. The van der Waals surface area contributed by atoms with Gasteiger partial charge in [0.25, 0.3) is 5.91 Å². The molecule has 0 saturated heterocycles. The van der Waals surface area contributed by atoms with Crippen LogP contribution in [-0.4, -0.2) is 44.6 Å². The minimum atomic E-state index is -1.62. The molecule has 1 aromatic carbocycles. The summed E-state index contributed by atoms with van der Waals surface area (Å²) in [6.45, 7) is 0. The van der Waals surface area contributed by atoms with E-state index in [4.69, 9.17) is 5.73 Å². The van der Waals surface area contributed by atoms with Crippen LogP contribution < -0.4 is 11.1 Å². The van der Waals surface area contributed by atoms with Crippen LogP contribution in [0.3, 0.4) is 0 Å². The van der Waals surface area contributed by atoms with Crippen molar-refractivity contribution in [1.29, 1.82) is 0 Å². The van der Waals surface area contributed by atoms with Gasteiger partial charge in [0.2, 0.25) is 0 Å². The van der Waals surface area contributed by atoms with E-state index in [1.807, 2.05) is 18.2 Å². The molecular weight excluding hydrogens is 326 g/mol. The molecule has 2 fully saturated rings. The molecule has 2 aliphatic rings. The highest BCUT2D eigenvalue weighted by Gasteiger charge is 2.74. The van der Waals surface area contributed by atoms with Crippen LogP contribution >= 0.6 is 0 Å². The predicted molar refractivity (Wildman–Crippen MR) is 86.8 cm³/mol. The van der Waals surface area contributed by atoms with E-state index in [1.54, 1.807) is 12.3 Å². The van der Waals surface area contributed by atoms with Gasteiger partial charge in [0.15, 0.2) is 0 Å². The highest BCUT2D eigenvalue weighted by Crippen LogP contribution is 2.61. The Morgan fingerprint density at radius 2 is 1.96 bits per heavy atom. The van der Waals surface area contributed by atoms with Crippen LogP contribution in [0.5, 0.6) is 0 Å². The first-order chi connectivity index (χ1) is 11.8. The van der Waals surface area contributed by atoms with Crippen molar-refractivity contribution in [3.8, 4) is 0 Å². The fraction of sp³-hybridized carbons (Fsp3) is 0.353. The Morgan fingerprint density at radius 1 is 1.24 bits per heavy atom. The fourth-order valence-corrected chi connectivity index (χ4v) is 4.34. The number of hydrogen-bond acceptors (Lipinski definition) is 4. The van der Waals surface area contributed by atoms with Crippen molar-refractivity contribution < 1.29 is 24.6 Å². The van der Waals surface area contributed by atoms with Gasteiger partial charge in [-0.25, -0.2) is 0 Å². The molecule has 130 valence electrons. The van der Waals surface area contributed by atoms with Gasteiger partial charge in [-0.1, -0.05) is 18.2 Å². The Hall–Kier alpha value is -2.87. The second kappa shape index (κ2) is 5.06. The van der Waals surface area contributed by atoms with Crippen LogP contribution in [0.1, 0.15) is 16.8 Å². The maximum atomic E-state index is 12.6. The number of aliphatic carboxylic acids is 2. The third kappa shape index (κ3) is 2.14. The van der Waals surface area contributed by atoms with E-state index in [9.17, 15) is 24.6 Å². The van der Waals surface area contributed by atoms with Crippen molar-refractivity contribution in [2.24, 2.45) is 23.5 Å². The molecule has 1 heterocycles. The summed E-state index contributed by atoms with van der Waals surface area (Å²) < 4.78 is 0. The number of carbonyl (C=O) groups excluding carboxylic acids is 1. The van der Waals surface area contributed by atoms with E-state index in [-0.39, 0.29) is 12.3 Å². The first-order valence-corrected chi connectivity index (χ1v) is 7.96. The Labute approximate surface area is 142 Å². The quantitative estimate of drug-likeness (QED) is 0.543. The number of amides is 1. The van der Waals surface area contributed by atoms with Crippen LogP contribution in [0.15, 0.2) is 30.5 Å². The smallest absolute Gasteiger partial charge is 0.324 e. The number of rotatable bonds is 4. The molecule has 5 atom stereocenters. The summed E-state index contributed by atoms with van der Waals surface area (Å²) in [4.78, 5) is 38.5. The Balaban J connectivity index is 1.59. The molecule has 2 aliphatic carbocycles. The zero-order chi connectivity index (χ0) is 17.9. The van der Waals surface area contributed by atoms with Crippen LogP contribution in [0.4, 0.5) is 0 Å². The number of H-pyrrole nitrogens is 1. The highest BCUT2D eigenvalue weighted by molar-refractivity contribution is 6.07. The number of fused-ring (bicyclic) bond motifs is 2. The molecular formula is C17H17N3O5. The molecule has 2 saturated carbocycles. The molecule has 1 amide bonds. The molecule has 8 heteroatoms. The lowest BCUT2D eigenvalue weighted by Crippen LogP contribution is -2.52. The number of hydrogen-bond donors (Lipinski definition) is 5. The maximum absolute atomic E-state index is 12.6. The van der Waals surface area contributed by atoms with Crippen molar-refractivity contribution in [2.45, 2.75) is 18.0 Å². The van der Waals surface area contributed by atoms with Gasteiger partial charge in [0, 0.05) is 29.1 Å². The first kappa shape index (κ1) is 15.6. The number of aromatic nitrogens is 1. The molecule has 25 heavy (non-hydrogen) atoms. The molecule has 8 nitrogen and oxygen atoms in total. The van der Waals surface area contributed by atoms with Crippen molar-refractivity contribution in [3.05, 3.63) is 36.0 Å². The van der Waals surface area contributed by atoms with Crippen LogP contribution in [-0.2, 0) is 9.59 Å². The van der Waals surface area contributed by atoms with Gasteiger partial charge >= 0.3 is 11.9 Å². The van der Waals surface area contributed by atoms with Gasteiger partial charge in [-0.05, 0) is 18.4 Å².